The highest BCUT2D eigenvalue weighted by molar-refractivity contribution is 7.92. The number of nitrogens with one attached hydrogen (secondary N) is 1. The predicted octanol–water partition coefficient (Wildman–Crippen LogP) is 4.48. The van der Waals surface area contributed by atoms with Gasteiger partial charge in [0.15, 0.2) is 0 Å². The molecule has 0 atom stereocenters. The normalized spacial score (nSPS) is 14.2. The van der Waals surface area contributed by atoms with Gasteiger partial charge in [0.2, 0.25) is 15.9 Å². The monoisotopic (exact) mass is 625 g/mol. The van der Waals surface area contributed by atoms with Gasteiger partial charge in [-0.05, 0) is 74.4 Å². The number of carbonyl (C=O) groups is 1. The Bertz CT molecular complexity index is 1540. The van der Waals surface area contributed by atoms with E-state index in [-0.39, 0.29) is 38.7 Å². The molecule has 13 heteroatoms. The van der Waals surface area contributed by atoms with E-state index in [0.717, 1.165) is 22.7 Å². The van der Waals surface area contributed by atoms with Gasteiger partial charge < -0.3 is 10.1 Å². The predicted molar refractivity (Wildman–Crippen MR) is 155 cm³/mol. The average molecular weight is 627 g/mol. The summed E-state index contributed by atoms with van der Waals surface area (Å²) in [6, 6.07) is 16.7. The van der Waals surface area contributed by atoms with E-state index in [1.54, 1.807) is 24.3 Å². The van der Waals surface area contributed by atoms with Gasteiger partial charge in [-0.1, -0.05) is 40.9 Å². The van der Waals surface area contributed by atoms with Crippen molar-refractivity contribution in [3.63, 3.8) is 0 Å². The van der Waals surface area contributed by atoms with E-state index < -0.39 is 32.5 Å². The van der Waals surface area contributed by atoms with Gasteiger partial charge in [-0.3, -0.25) is 9.10 Å². The van der Waals surface area contributed by atoms with Crippen molar-refractivity contribution >= 4 is 54.8 Å². The smallest absolute Gasteiger partial charge is 0.264 e. The van der Waals surface area contributed by atoms with E-state index in [4.69, 9.17) is 27.9 Å². The maximum absolute atomic E-state index is 13.5. The van der Waals surface area contributed by atoms with Crippen LogP contribution in [0.15, 0.2) is 76.5 Å². The van der Waals surface area contributed by atoms with Crippen LogP contribution >= 0.6 is 23.2 Å². The number of anilines is 1. The van der Waals surface area contributed by atoms with Crippen molar-refractivity contribution in [1.29, 1.82) is 0 Å². The molecule has 3 aromatic rings. The second-order valence-electron chi connectivity index (χ2n) is 9.23. The number of carbonyl (C=O) groups excluding carboxylic acids is 1. The second-order valence-corrected chi connectivity index (χ2v) is 13.9. The summed E-state index contributed by atoms with van der Waals surface area (Å²) in [5.41, 5.74) is 1.03. The first-order valence-electron chi connectivity index (χ1n) is 12.5. The topological polar surface area (TPSA) is 113 Å². The SMILES string of the molecule is Cc1ccc(S(=O)(=O)N(CC(=O)NCCOc2ccc(S(=O)(=O)N3CCCC3)cc2)c2cc(Cl)cc(Cl)c2)cc1. The molecule has 3 aromatic carbocycles. The molecule has 1 aliphatic rings. The Kier molecular flexibility index (Phi) is 9.63. The van der Waals surface area contributed by atoms with E-state index in [9.17, 15) is 21.6 Å². The highest BCUT2D eigenvalue weighted by Gasteiger charge is 2.28. The first-order chi connectivity index (χ1) is 19.0. The zero-order valence-electron chi connectivity index (χ0n) is 21.7. The first kappa shape index (κ1) is 30.1. The molecule has 1 amide bonds. The lowest BCUT2D eigenvalue weighted by Crippen LogP contribution is -2.42. The zero-order valence-corrected chi connectivity index (χ0v) is 24.9. The molecule has 0 radical (unpaired) electrons. The lowest BCUT2D eigenvalue weighted by atomic mass is 10.2. The van der Waals surface area contributed by atoms with Gasteiger partial charge in [-0.25, -0.2) is 16.8 Å². The average Bonchev–Trinajstić information content (AvgIpc) is 3.46. The fourth-order valence-corrected chi connectivity index (χ4v) is 7.60. The van der Waals surface area contributed by atoms with Crippen molar-refractivity contribution in [2.45, 2.75) is 29.6 Å². The molecule has 0 spiro atoms. The van der Waals surface area contributed by atoms with Crippen LogP contribution in [0.3, 0.4) is 0 Å². The van der Waals surface area contributed by atoms with Crippen molar-refractivity contribution in [1.82, 2.24) is 9.62 Å². The van der Waals surface area contributed by atoms with Crippen LogP contribution < -0.4 is 14.4 Å². The minimum Gasteiger partial charge on any atom is -0.492 e. The van der Waals surface area contributed by atoms with Gasteiger partial charge in [0.05, 0.1) is 22.0 Å². The van der Waals surface area contributed by atoms with E-state index >= 15 is 0 Å². The molecule has 0 bridgehead atoms. The molecule has 1 N–H and O–H groups in total. The summed E-state index contributed by atoms with van der Waals surface area (Å²) in [6.07, 6.45) is 1.71. The molecule has 0 aliphatic carbocycles. The molecule has 1 saturated heterocycles. The summed E-state index contributed by atoms with van der Waals surface area (Å²) in [5, 5.41) is 3.09. The number of amides is 1. The minimum absolute atomic E-state index is 0.0144. The van der Waals surface area contributed by atoms with Gasteiger partial charge in [-0.2, -0.15) is 4.31 Å². The number of hydrogen-bond donors (Lipinski definition) is 1. The number of benzene rings is 3. The van der Waals surface area contributed by atoms with Crippen molar-refractivity contribution in [3.8, 4) is 5.75 Å². The van der Waals surface area contributed by atoms with Gasteiger partial charge in [0, 0.05) is 23.1 Å². The Morgan fingerprint density at radius 1 is 0.900 bits per heavy atom. The van der Waals surface area contributed by atoms with E-state index in [0.29, 0.717) is 18.8 Å². The maximum Gasteiger partial charge on any atom is 0.264 e. The van der Waals surface area contributed by atoms with Crippen molar-refractivity contribution in [3.05, 3.63) is 82.3 Å². The van der Waals surface area contributed by atoms with Crippen LogP contribution in [0.2, 0.25) is 10.0 Å². The highest BCUT2D eigenvalue weighted by atomic mass is 35.5. The molecule has 0 unspecified atom stereocenters. The number of ether oxygens (including phenoxy) is 1. The summed E-state index contributed by atoms with van der Waals surface area (Å²) in [7, 11) is -7.64. The first-order valence-corrected chi connectivity index (χ1v) is 16.2. The van der Waals surface area contributed by atoms with Crippen LogP contribution in [-0.4, -0.2) is 59.8 Å². The van der Waals surface area contributed by atoms with Gasteiger partial charge in [0.1, 0.15) is 18.9 Å². The molecule has 9 nitrogen and oxygen atoms in total. The van der Waals surface area contributed by atoms with Crippen LogP contribution in [0.25, 0.3) is 0 Å². The molecule has 1 fully saturated rings. The Morgan fingerprint density at radius 3 is 2.08 bits per heavy atom. The van der Waals surface area contributed by atoms with Crippen LogP contribution in [0, 0.1) is 6.92 Å². The Balaban J connectivity index is 1.38. The molecule has 0 aromatic heterocycles. The van der Waals surface area contributed by atoms with Gasteiger partial charge in [-0.15, -0.1) is 0 Å². The number of hydrogen-bond acceptors (Lipinski definition) is 6. The maximum atomic E-state index is 13.5. The molecular formula is C27H29Cl2N3O6S2. The van der Waals surface area contributed by atoms with E-state index in [2.05, 4.69) is 5.32 Å². The van der Waals surface area contributed by atoms with Gasteiger partial charge >= 0.3 is 0 Å². The van der Waals surface area contributed by atoms with E-state index in [1.807, 2.05) is 6.92 Å². The van der Waals surface area contributed by atoms with Crippen LogP contribution in [0.4, 0.5) is 5.69 Å². The number of nitrogens with zero attached hydrogens (tertiary/aromatic N) is 2. The fraction of sp³-hybridized carbons (Fsp3) is 0.296. The molecule has 40 heavy (non-hydrogen) atoms. The molecule has 1 heterocycles. The lowest BCUT2D eigenvalue weighted by molar-refractivity contribution is -0.119. The van der Waals surface area contributed by atoms with Crippen molar-refractivity contribution < 1.29 is 26.4 Å². The number of sulfonamides is 2. The molecule has 0 saturated carbocycles. The number of rotatable bonds is 11. The third-order valence-corrected chi connectivity index (χ3v) is 10.4. The zero-order chi connectivity index (χ0) is 28.9. The standard InChI is InChI=1S/C27H29Cl2N3O6S2/c1-20-4-8-26(9-5-20)40(36,37)32(23-17-21(28)16-22(29)18-23)19-27(33)30-12-15-38-24-6-10-25(11-7-24)39(34,35)31-13-2-3-14-31/h4-11,16-18H,2-3,12-15,19H2,1H3,(H,30,33). The van der Waals surface area contributed by atoms with Crippen molar-refractivity contribution in [2.75, 3.05) is 37.1 Å². The Labute approximate surface area is 244 Å². The molecular weight excluding hydrogens is 597 g/mol. The summed E-state index contributed by atoms with van der Waals surface area (Å²) in [6.45, 7) is 2.53. The Morgan fingerprint density at radius 2 is 1.48 bits per heavy atom. The van der Waals surface area contributed by atoms with Crippen LogP contribution in [-0.2, 0) is 24.8 Å². The fourth-order valence-electron chi connectivity index (χ4n) is 4.17. The molecule has 214 valence electrons. The second kappa shape index (κ2) is 12.8. The highest BCUT2D eigenvalue weighted by Crippen LogP contribution is 2.30. The summed E-state index contributed by atoms with van der Waals surface area (Å²) < 4.78 is 60.3. The van der Waals surface area contributed by atoms with Crippen molar-refractivity contribution in [2.24, 2.45) is 0 Å². The number of aryl methyl sites for hydroxylation is 1. The third-order valence-electron chi connectivity index (χ3n) is 6.25. The third kappa shape index (κ3) is 7.27. The Hall–Kier alpha value is -2.83. The van der Waals surface area contributed by atoms with E-state index in [1.165, 1.54) is 46.8 Å². The summed E-state index contributed by atoms with van der Waals surface area (Å²) in [5.74, 6) is -0.130. The van der Waals surface area contributed by atoms with Crippen LogP contribution in [0.5, 0.6) is 5.75 Å². The summed E-state index contributed by atoms with van der Waals surface area (Å²) >= 11 is 12.2. The van der Waals surface area contributed by atoms with Gasteiger partial charge in [0.25, 0.3) is 10.0 Å². The largest absolute Gasteiger partial charge is 0.492 e. The minimum atomic E-state index is -4.12. The molecule has 4 rings (SSSR count). The number of halogens is 2. The quantitative estimate of drug-likeness (QED) is 0.314. The molecule has 1 aliphatic heterocycles. The lowest BCUT2D eigenvalue weighted by Gasteiger charge is -2.24. The van der Waals surface area contributed by atoms with Crippen LogP contribution in [0.1, 0.15) is 18.4 Å². The summed E-state index contributed by atoms with van der Waals surface area (Å²) in [4.78, 5) is 13.0.